The van der Waals surface area contributed by atoms with Gasteiger partial charge in [0.05, 0.1) is 10.9 Å². The highest BCUT2D eigenvalue weighted by Crippen LogP contribution is 2.30. The minimum atomic E-state index is -0.0793. The molecule has 20 heavy (non-hydrogen) atoms. The monoisotopic (exact) mass is 267 g/mol. The van der Waals surface area contributed by atoms with Gasteiger partial charge in [-0.25, -0.2) is 0 Å². The molecule has 0 amide bonds. The first-order valence-corrected chi connectivity index (χ1v) is 6.25. The number of benzene rings is 2. The number of para-hydroxylation sites is 2. The largest absolute Gasteiger partial charge is 0.478 e. The average molecular weight is 267 g/mol. The number of ether oxygens (including phenoxy) is 1. The van der Waals surface area contributed by atoms with E-state index in [1.165, 1.54) is 6.07 Å². The summed E-state index contributed by atoms with van der Waals surface area (Å²) in [7, 11) is 0. The first-order valence-electron chi connectivity index (χ1n) is 6.25. The van der Waals surface area contributed by atoms with E-state index in [0.29, 0.717) is 28.0 Å². The Morgan fingerprint density at radius 3 is 2.65 bits per heavy atom. The van der Waals surface area contributed by atoms with Crippen molar-refractivity contribution in [2.75, 3.05) is 6.73 Å². The van der Waals surface area contributed by atoms with Gasteiger partial charge in [-0.3, -0.25) is 10.5 Å². The van der Waals surface area contributed by atoms with Gasteiger partial charge in [0, 0.05) is 6.07 Å². The Balaban J connectivity index is 2.23. The van der Waals surface area contributed by atoms with Crippen LogP contribution in [0.2, 0.25) is 0 Å². The lowest BCUT2D eigenvalue weighted by Crippen LogP contribution is -2.08. The molecule has 0 saturated carbocycles. The molecule has 1 aromatic heterocycles. The molecule has 0 radical (unpaired) electrons. The highest BCUT2D eigenvalue weighted by molar-refractivity contribution is 5.79. The van der Waals surface area contributed by atoms with Crippen LogP contribution in [0.25, 0.3) is 22.3 Å². The van der Waals surface area contributed by atoms with Crippen LogP contribution in [0, 0.1) is 0 Å². The molecule has 100 valence electrons. The van der Waals surface area contributed by atoms with E-state index in [0.717, 1.165) is 0 Å². The SMILES string of the molecule is NCOc1ccccc1-c1cc(=O)c2ccccc2o1. The maximum absolute atomic E-state index is 12.1. The summed E-state index contributed by atoms with van der Waals surface area (Å²) in [6.07, 6.45) is 0. The Kier molecular flexibility index (Phi) is 3.23. The van der Waals surface area contributed by atoms with Crippen LogP contribution in [0.5, 0.6) is 5.75 Å². The van der Waals surface area contributed by atoms with Crippen molar-refractivity contribution in [2.24, 2.45) is 5.73 Å². The summed E-state index contributed by atoms with van der Waals surface area (Å²) in [6.45, 7) is 0.0643. The number of hydrogen-bond acceptors (Lipinski definition) is 4. The summed E-state index contributed by atoms with van der Waals surface area (Å²) >= 11 is 0. The maximum Gasteiger partial charge on any atom is 0.193 e. The maximum atomic E-state index is 12.1. The summed E-state index contributed by atoms with van der Waals surface area (Å²) in [4.78, 5) is 12.1. The fourth-order valence-electron chi connectivity index (χ4n) is 2.12. The molecule has 0 fully saturated rings. The van der Waals surface area contributed by atoms with Crippen molar-refractivity contribution >= 4 is 11.0 Å². The van der Waals surface area contributed by atoms with E-state index >= 15 is 0 Å². The molecule has 2 aromatic carbocycles. The second kappa shape index (κ2) is 5.19. The highest BCUT2D eigenvalue weighted by Gasteiger charge is 2.10. The van der Waals surface area contributed by atoms with Crippen molar-refractivity contribution < 1.29 is 9.15 Å². The second-order valence-electron chi connectivity index (χ2n) is 4.28. The standard InChI is InChI=1S/C16H13NO3/c17-10-19-14-7-3-2-6-12(14)16-9-13(18)11-5-1-4-8-15(11)20-16/h1-9H,10,17H2. The van der Waals surface area contributed by atoms with Gasteiger partial charge < -0.3 is 9.15 Å². The quantitative estimate of drug-likeness (QED) is 0.741. The van der Waals surface area contributed by atoms with Crippen LogP contribution in [-0.4, -0.2) is 6.73 Å². The molecule has 1 heterocycles. The molecule has 0 aliphatic carbocycles. The second-order valence-corrected chi connectivity index (χ2v) is 4.28. The minimum absolute atomic E-state index is 0.0643. The lowest BCUT2D eigenvalue weighted by Gasteiger charge is -2.09. The molecule has 0 unspecified atom stereocenters. The van der Waals surface area contributed by atoms with Crippen LogP contribution >= 0.6 is 0 Å². The fraction of sp³-hybridized carbons (Fsp3) is 0.0625. The number of nitrogens with two attached hydrogens (primary N) is 1. The Labute approximate surface area is 115 Å². The van der Waals surface area contributed by atoms with E-state index in [1.807, 2.05) is 30.3 Å². The topological polar surface area (TPSA) is 65.5 Å². The molecule has 4 nitrogen and oxygen atoms in total. The Bertz CT molecular complexity index is 808. The zero-order valence-electron chi connectivity index (χ0n) is 10.7. The minimum Gasteiger partial charge on any atom is -0.478 e. The van der Waals surface area contributed by atoms with Crippen LogP contribution in [0.15, 0.2) is 63.8 Å². The van der Waals surface area contributed by atoms with Gasteiger partial charge in [-0.15, -0.1) is 0 Å². The molecule has 2 N–H and O–H groups in total. The first kappa shape index (κ1) is 12.4. The normalized spacial score (nSPS) is 10.7. The summed E-state index contributed by atoms with van der Waals surface area (Å²) in [5, 5.41) is 0.563. The third kappa shape index (κ3) is 2.17. The van der Waals surface area contributed by atoms with Gasteiger partial charge in [-0.1, -0.05) is 24.3 Å². The number of hydrogen-bond donors (Lipinski definition) is 1. The predicted octanol–water partition coefficient (Wildman–Crippen LogP) is 2.76. The van der Waals surface area contributed by atoms with E-state index in [9.17, 15) is 4.79 Å². The Morgan fingerprint density at radius 1 is 1.05 bits per heavy atom. The third-order valence-electron chi connectivity index (χ3n) is 3.03. The van der Waals surface area contributed by atoms with Gasteiger partial charge >= 0.3 is 0 Å². The average Bonchev–Trinajstić information content (AvgIpc) is 2.48. The molecular formula is C16H13NO3. The first-order chi connectivity index (χ1) is 9.79. The van der Waals surface area contributed by atoms with Crippen molar-refractivity contribution in [1.82, 2.24) is 0 Å². The fourth-order valence-corrected chi connectivity index (χ4v) is 2.12. The van der Waals surface area contributed by atoms with Gasteiger partial charge in [-0.05, 0) is 24.3 Å². The van der Waals surface area contributed by atoms with Crippen molar-refractivity contribution in [1.29, 1.82) is 0 Å². The molecule has 0 aliphatic rings. The van der Waals surface area contributed by atoms with Gasteiger partial charge in [-0.2, -0.15) is 0 Å². The van der Waals surface area contributed by atoms with Gasteiger partial charge in [0.15, 0.2) is 5.43 Å². The summed E-state index contributed by atoms with van der Waals surface area (Å²) in [6, 6.07) is 15.9. The van der Waals surface area contributed by atoms with E-state index in [2.05, 4.69) is 0 Å². The zero-order valence-corrected chi connectivity index (χ0v) is 10.7. The van der Waals surface area contributed by atoms with E-state index in [-0.39, 0.29) is 12.2 Å². The highest BCUT2D eigenvalue weighted by atomic mass is 16.5. The summed E-state index contributed by atoms with van der Waals surface area (Å²) in [5.74, 6) is 1.06. The summed E-state index contributed by atoms with van der Waals surface area (Å²) in [5.41, 5.74) is 6.60. The van der Waals surface area contributed by atoms with Crippen LogP contribution in [-0.2, 0) is 0 Å². The third-order valence-corrected chi connectivity index (χ3v) is 3.03. The summed E-state index contributed by atoms with van der Waals surface area (Å²) < 4.78 is 11.2. The zero-order chi connectivity index (χ0) is 13.9. The molecule has 0 bridgehead atoms. The van der Waals surface area contributed by atoms with Crippen molar-refractivity contribution in [3.63, 3.8) is 0 Å². The van der Waals surface area contributed by atoms with Crippen LogP contribution in [0.1, 0.15) is 0 Å². The molecule has 0 spiro atoms. The van der Waals surface area contributed by atoms with E-state index in [1.54, 1.807) is 18.2 Å². The smallest absolute Gasteiger partial charge is 0.193 e. The Hall–Kier alpha value is -2.59. The molecule has 0 aliphatic heterocycles. The van der Waals surface area contributed by atoms with Crippen LogP contribution in [0.4, 0.5) is 0 Å². The molecule has 0 atom stereocenters. The van der Waals surface area contributed by atoms with Crippen molar-refractivity contribution in [2.45, 2.75) is 0 Å². The van der Waals surface area contributed by atoms with E-state index in [4.69, 9.17) is 14.9 Å². The van der Waals surface area contributed by atoms with Crippen LogP contribution in [0.3, 0.4) is 0 Å². The Morgan fingerprint density at radius 2 is 1.80 bits per heavy atom. The molecule has 3 rings (SSSR count). The van der Waals surface area contributed by atoms with Crippen molar-refractivity contribution in [3.05, 3.63) is 64.8 Å². The van der Waals surface area contributed by atoms with E-state index < -0.39 is 0 Å². The van der Waals surface area contributed by atoms with Crippen molar-refractivity contribution in [3.8, 4) is 17.1 Å². The van der Waals surface area contributed by atoms with Gasteiger partial charge in [0.25, 0.3) is 0 Å². The molecular weight excluding hydrogens is 254 g/mol. The lowest BCUT2D eigenvalue weighted by atomic mass is 10.1. The molecule has 4 heteroatoms. The lowest BCUT2D eigenvalue weighted by molar-refractivity contribution is 0.330. The molecule has 0 saturated heterocycles. The number of rotatable bonds is 3. The van der Waals surface area contributed by atoms with Crippen LogP contribution < -0.4 is 15.9 Å². The molecule has 3 aromatic rings. The number of fused-ring (bicyclic) bond motifs is 1. The van der Waals surface area contributed by atoms with Gasteiger partial charge in [0.2, 0.25) is 0 Å². The predicted molar refractivity (Wildman–Crippen MR) is 77.6 cm³/mol. The van der Waals surface area contributed by atoms with Gasteiger partial charge in [0.1, 0.15) is 23.8 Å².